The first-order valence-corrected chi connectivity index (χ1v) is 9.28. The van der Waals surface area contributed by atoms with Crippen LogP contribution in [0.15, 0.2) is 48.5 Å². The number of methoxy groups -OCH3 is 1. The highest BCUT2D eigenvalue weighted by Crippen LogP contribution is 2.31. The van der Waals surface area contributed by atoms with Crippen LogP contribution in [0.3, 0.4) is 0 Å². The van der Waals surface area contributed by atoms with Crippen LogP contribution in [0.25, 0.3) is 0 Å². The quantitative estimate of drug-likeness (QED) is 0.784. The molecule has 2 aliphatic rings. The molecule has 4 nitrogen and oxygen atoms in total. The molecule has 4 heteroatoms. The molecule has 1 fully saturated rings. The van der Waals surface area contributed by atoms with E-state index in [0.717, 1.165) is 18.8 Å². The van der Waals surface area contributed by atoms with Gasteiger partial charge >= 0.3 is 0 Å². The van der Waals surface area contributed by atoms with Gasteiger partial charge < -0.3 is 10.1 Å². The largest absolute Gasteiger partial charge is 0.497 e. The third-order valence-corrected chi connectivity index (χ3v) is 5.56. The monoisotopic (exact) mass is 337 g/mol. The number of hydrogen-bond donors (Lipinski definition) is 3. The first-order valence-electron chi connectivity index (χ1n) is 9.28. The van der Waals surface area contributed by atoms with Gasteiger partial charge in [-0.3, -0.25) is 5.43 Å². The van der Waals surface area contributed by atoms with Crippen LogP contribution in [0.2, 0.25) is 0 Å². The molecule has 4 rings (SSSR count). The van der Waals surface area contributed by atoms with Gasteiger partial charge in [-0.15, -0.1) is 0 Å². The predicted molar refractivity (Wildman–Crippen MR) is 100 cm³/mol. The van der Waals surface area contributed by atoms with Gasteiger partial charge in [0.15, 0.2) is 0 Å². The molecule has 3 unspecified atom stereocenters. The smallest absolute Gasteiger partial charge is 0.118 e. The Hall–Kier alpha value is -1.88. The molecule has 3 atom stereocenters. The number of aryl methyl sites for hydroxylation is 1. The molecule has 1 saturated heterocycles. The van der Waals surface area contributed by atoms with Crippen molar-refractivity contribution in [1.82, 2.24) is 16.2 Å². The highest BCUT2D eigenvalue weighted by Gasteiger charge is 2.29. The predicted octanol–water partition coefficient (Wildman–Crippen LogP) is 3.13. The molecule has 0 amide bonds. The zero-order valence-corrected chi connectivity index (χ0v) is 14.8. The average Bonchev–Trinajstić information content (AvgIpc) is 3.15. The molecule has 1 aliphatic carbocycles. The van der Waals surface area contributed by atoms with Gasteiger partial charge in [0, 0.05) is 25.0 Å². The van der Waals surface area contributed by atoms with Crippen LogP contribution in [0.5, 0.6) is 5.75 Å². The van der Waals surface area contributed by atoms with Crippen LogP contribution in [0, 0.1) is 5.92 Å². The summed E-state index contributed by atoms with van der Waals surface area (Å²) in [6, 6.07) is 18.1. The number of nitrogens with one attached hydrogen (secondary N) is 3. The molecule has 2 aromatic carbocycles. The van der Waals surface area contributed by atoms with E-state index >= 15 is 0 Å². The Labute approximate surface area is 149 Å². The third kappa shape index (κ3) is 3.56. The first kappa shape index (κ1) is 16.6. The lowest BCUT2D eigenvalue weighted by molar-refractivity contribution is 0.384. The maximum Gasteiger partial charge on any atom is 0.118 e. The van der Waals surface area contributed by atoms with Gasteiger partial charge in [-0.2, -0.15) is 0 Å². The molecule has 0 saturated carbocycles. The van der Waals surface area contributed by atoms with Crippen molar-refractivity contribution in [2.24, 2.45) is 5.92 Å². The summed E-state index contributed by atoms with van der Waals surface area (Å²) in [6.45, 7) is 1.99. The lowest BCUT2D eigenvalue weighted by atomic mass is 9.87. The van der Waals surface area contributed by atoms with Crippen LogP contribution < -0.4 is 20.9 Å². The Kier molecular flexibility index (Phi) is 5.02. The van der Waals surface area contributed by atoms with Gasteiger partial charge in [0.2, 0.25) is 0 Å². The fourth-order valence-electron chi connectivity index (χ4n) is 4.15. The topological polar surface area (TPSA) is 45.3 Å². The average molecular weight is 337 g/mol. The van der Waals surface area contributed by atoms with Crippen molar-refractivity contribution in [3.8, 4) is 5.75 Å². The summed E-state index contributed by atoms with van der Waals surface area (Å²) in [6.07, 6.45) is 3.73. The standard InChI is InChI=1S/C21H27N3O/c1-25-18-11-9-16(10-12-18)21-17(14-23-24-21)13-22-20-8-4-6-15-5-2-3-7-19(15)20/h2-3,5,7,9-12,17,20-24H,4,6,8,13-14H2,1H3. The van der Waals surface area contributed by atoms with Gasteiger partial charge in [0.25, 0.3) is 0 Å². The van der Waals surface area contributed by atoms with E-state index in [1.807, 2.05) is 12.1 Å². The van der Waals surface area contributed by atoms with Gasteiger partial charge in [-0.25, -0.2) is 5.43 Å². The summed E-state index contributed by atoms with van der Waals surface area (Å²) in [5, 5.41) is 3.84. The van der Waals surface area contributed by atoms with Crippen molar-refractivity contribution in [3.63, 3.8) is 0 Å². The normalized spacial score (nSPS) is 25.6. The molecule has 1 heterocycles. The molecule has 0 radical (unpaired) electrons. The fraction of sp³-hybridized carbons (Fsp3) is 0.429. The highest BCUT2D eigenvalue weighted by atomic mass is 16.5. The Bertz CT molecular complexity index is 701. The maximum atomic E-state index is 5.27. The van der Waals surface area contributed by atoms with Gasteiger partial charge in [0.05, 0.1) is 13.2 Å². The molecule has 1 aliphatic heterocycles. The summed E-state index contributed by atoms with van der Waals surface area (Å²) in [7, 11) is 1.71. The molecular formula is C21H27N3O. The lowest BCUT2D eigenvalue weighted by Crippen LogP contribution is -2.33. The van der Waals surface area contributed by atoms with E-state index in [2.05, 4.69) is 52.6 Å². The molecule has 3 N–H and O–H groups in total. The minimum atomic E-state index is 0.331. The van der Waals surface area contributed by atoms with Crippen molar-refractivity contribution in [2.75, 3.05) is 20.2 Å². The molecule has 0 bridgehead atoms. The van der Waals surface area contributed by atoms with E-state index in [1.54, 1.807) is 7.11 Å². The van der Waals surface area contributed by atoms with Crippen molar-refractivity contribution in [1.29, 1.82) is 0 Å². The summed E-state index contributed by atoms with van der Waals surface area (Å²) >= 11 is 0. The van der Waals surface area contributed by atoms with Crippen LogP contribution in [0.4, 0.5) is 0 Å². The number of hydrogen-bond acceptors (Lipinski definition) is 4. The van der Waals surface area contributed by atoms with Crippen molar-refractivity contribution < 1.29 is 4.74 Å². The maximum absolute atomic E-state index is 5.27. The first-order chi connectivity index (χ1) is 12.3. The summed E-state index contributed by atoms with van der Waals surface area (Å²) < 4.78 is 5.27. The third-order valence-electron chi connectivity index (χ3n) is 5.56. The van der Waals surface area contributed by atoms with E-state index in [-0.39, 0.29) is 0 Å². The lowest BCUT2D eigenvalue weighted by Gasteiger charge is -2.28. The number of ether oxygens (including phenoxy) is 1. The molecule has 132 valence electrons. The van der Waals surface area contributed by atoms with Crippen molar-refractivity contribution in [3.05, 3.63) is 65.2 Å². The van der Waals surface area contributed by atoms with Crippen LogP contribution in [0.1, 0.15) is 41.6 Å². The van der Waals surface area contributed by atoms with Crippen LogP contribution in [-0.2, 0) is 6.42 Å². The minimum absolute atomic E-state index is 0.331. The van der Waals surface area contributed by atoms with Gasteiger partial charge in [0.1, 0.15) is 5.75 Å². The molecule has 0 aromatic heterocycles. The van der Waals surface area contributed by atoms with Gasteiger partial charge in [-0.1, -0.05) is 36.4 Å². The van der Waals surface area contributed by atoms with E-state index in [1.165, 1.54) is 36.0 Å². The van der Waals surface area contributed by atoms with Crippen molar-refractivity contribution >= 4 is 0 Å². The second-order valence-corrected chi connectivity index (χ2v) is 7.09. The molecular weight excluding hydrogens is 310 g/mol. The van der Waals surface area contributed by atoms with Crippen LogP contribution in [-0.4, -0.2) is 20.2 Å². The number of rotatable bonds is 5. The SMILES string of the molecule is COc1ccc(C2NNCC2CNC2CCCc3ccccc32)cc1. The minimum Gasteiger partial charge on any atom is -0.497 e. The van der Waals surface area contributed by atoms with E-state index in [4.69, 9.17) is 4.74 Å². The summed E-state index contributed by atoms with van der Waals surface area (Å²) in [4.78, 5) is 0. The molecule has 2 aromatic rings. The van der Waals surface area contributed by atoms with E-state index in [0.29, 0.717) is 18.0 Å². The number of hydrazine groups is 1. The summed E-state index contributed by atoms with van der Waals surface area (Å²) in [5.74, 6) is 1.44. The Morgan fingerprint density at radius 1 is 1.12 bits per heavy atom. The number of fused-ring (bicyclic) bond motifs is 1. The fourth-order valence-corrected chi connectivity index (χ4v) is 4.15. The zero-order chi connectivity index (χ0) is 17.1. The zero-order valence-electron chi connectivity index (χ0n) is 14.8. The second-order valence-electron chi connectivity index (χ2n) is 7.09. The second kappa shape index (κ2) is 7.56. The van der Waals surface area contributed by atoms with Gasteiger partial charge in [-0.05, 0) is 48.1 Å². The van der Waals surface area contributed by atoms with Crippen molar-refractivity contribution in [2.45, 2.75) is 31.3 Å². The molecule has 0 spiro atoms. The highest BCUT2D eigenvalue weighted by molar-refractivity contribution is 5.32. The number of benzene rings is 2. The van der Waals surface area contributed by atoms with E-state index in [9.17, 15) is 0 Å². The summed E-state index contributed by atoms with van der Waals surface area (Å²) in [5.41, 5.74) is 11.1. The van der Waals surface area contributed by atoms with E-state index < -0.39 is 0 Å². The molecule has 25 heavy (non-hydrogen) atoms. The Balaban J connectivity index is 1.42. The Morgan fingerprint density at radius 3 is 2.80 bits per heavy atom. The Morgan fingerprint density at radius 2 is 1.96 bits per heavy atom. The van der Waals surface area contributed by atoms with Crippen LogP contribution >= 0.6 is 0 Å².